The Labute approximate surface area is 174 Å². The molecule has 0 bridgehead atoms. The van der Waals surface area contributed by atoms with E-state index in [4.69, 9.17) is 5.73 Å². The molecular weight excluding hydrogens is 392 g/mol. The summed E-state index contributed by atoms with van der Waals surface area (Å²) in [6, 6.07) is 15.3. The third-order valence-electron chi connectivity index (χ3n) is 5.38. The fourth-order valence-electron chi connectivity index (χ4n) is 3.77. The van der Waals surface area contributed by atoms with E-state index in [1.807, 2.05) is 30.3 Å². The molecule has 1 atom stereocenters. The maximum atomic E-state index is 12.7. The molecule has 2 aromatic rings. The number of nitrogens with two attached hydrogens (primary N) is 1. The van der Waals surface area contributed by atoms with Crippen molar-refractivity contribution in [1.29, 1.82) is 0 Å². The first-order chi connectivity index (χ1) is 14.4. The third kappa shape index (κ3) is 6.00. The minimum atomic E-state index is -2.89. The van der Waals surface area contributed by atoms with Crippen LogP contribution in [0, 0.1) is 5.92 Å². The Balaban J connectivity index is 1.68. The van der Waals surface area contributed by atoms with Crippen LogP contribution in [0.1, 0.15) is 30.0 Å². The maximum absolute atomic E-state index is 12.7. The minimum Gasteiger partial charge on any atom is -0.435 e. The van der Waals surface area contributed by atoms with Gasteiger partial charge in [-0.05, 0) is 23.3 Å². The standard InChI is InChI=1S/C22H25F2N3O3/c23-22(24)30-18-8-6-16(7-9-18)20(15-4-2-1-3-5-15)26-19(28)14-27-12-10-17(11-13-27)21(25)29/h1-9,17,20,22H,10-14H2,(H2,25,29)(H,26,28)/p+1/t20-/m1/s1. The number of rotatable bonds is 8. The van der Waals surface area contributed by atoms with Gasteiger partial charge < -0.3 is 20.7 Å². The van der Waals surface area contributed by atoms with Crippen molar-refractivity contribution in [2.45, 2.75) is 25.5 Å². The first kappa shape index (κ1) is 21.7. The van der Waals surface area contributed by atoms with Gasteiger partial charge in [0.1, 0.15) is 5.75 Å². The quantitative estimate of drug-likeness (QED) is 0.604. The van der Waals surface area contributed by atoms with Crippen molar-refractivity contribution >= 4 is 11.8 Å². The molecule has 4 N–H and O–H groups in total. The van der Waals surface area contributed by atoms with E-state index in [9.17, 15) is 18.4 Å². The summed E-state index contributed by atoms with van der Waals surface area (Å²) in [6.45, 7) is -1.16. The van der Waals surface area contributed by atoms with Crippen molar-refractivity contribution in [2.75, 3.05) is 19.6 Å². The van der Waals surface area contributed by atoms with Gasteiger partial charge in [-0.3, -0.25) is 9.59 Å². The van der Waals surface area contributed by atoms with Crippen LogP contribution < -0.4 is 20.7 Å². The van der Waals surface area contributed by atoms with E-state index in [1.165, 1.54) is 12.1 Å². The number of ether oxygens (including phenoxy) is 1. The van der Waals surface area contributed by atoms with Crippen LogP contribution in [0.3, 0.4) is 0 Å². The van der Waals surface area contributed by atoms with Crippen LogP contribution in [0.25, 0.3) is 0 Å². The van der Waals surface area contributed by atoms with Gasteiger partial charge in [0.05, 0.1) is 19.1 Å². The highest BCUT2D eigenvalue weighted by Crippen LogP contribution is 2.24. The van der Waals surface area contributed by atoms with Crippen LogP contribution in [-0.2, 0) is 9.59 Å². The number of halogens is 2. The molecular formula is C22H26F2N3O3+. The van der Waals surface area contributed by atoms with Gasteiger partial charge in [0.2, 0.25) is 5.91 Å². The molecule has 0 aliphatic carbocycles. The zero-order valence-electron chi connectivity index (χ0n) is 16.5. The second-order valence-corrected chi connectivity index (χ2v) is 7.46. The Morgan fingerprint density at radius 2 is 1.63 bits per heavy atom. The molecule has 160 valence electrons. The number of benzene rings is 2. The van der Waals surface area contributed by atoms with Gasteiger partial charge in [-0.2, -0.15) is 8.78 Å². The number of carbonyl (C=O) groups is 2. The molecule has 0 aromatic heterocycles. The highest BCUT2D eigenvalue weighted by Gasteiger charge is 2.28. The number of carbonyl (C=O) groups excluding carboxylic acids is 2. The molecule has 1 heterocycles. The Morgan fingerprint density at radius 1 is 1.03 bits per heavy atom. The number of amides is 2. The zero-order chi connectivity index (χ0) is 21.5. The number of hydrogen-bond acceptors (Lipinski definition) is 3. The van der Waals surface area contributed by atoms with Crippen molar-refractivity contribution in [3.8, 4) is 5.75 Å². The molecule has 0 radical (unpaired) electrons. The van der Waals surface area contributed by atoms with Crippen LogP contribution in [0.2, 0.25) is 0 Å². The first-order valence-electron chi connectivity index (χ1n) is 9.94. The lowest BCUT2D eigenvalue weighted by molar-refractivity contribution is -0.897. The Bertz CT molecular complexity index is 838. The number of likely N-dealkylation sites (tertiary alicyclic amines) is 1. The van der Waals surface area contributed by atoms with Crippen LogP contribution >= 0.6 is 0 Å². The number of alkyl halides is 2. The number of piperidine rings is 1. The topological polar surface area (TPSA) is 85.9 Å². The molecule has 8 heteroatoms. The molecule has 3 rings (SSSR count). The summed E-state index contributed by atoms with van der Waals surface area (Å²) < 4.78 is 29.2. The van der Waals surface area contributed by atoms with E-state index in [0.717, 1.165) is 29.1 Å². The highest BCUT2D eigenvalue weighted by atomic mass is 19.3. The molecule has 2 amide bonds. The zero-order valence-corrected chi connectivity index (χ0v) is 16.5. The molecule has 1 saturated heterocycles. The second-order valence-electron chi connectivity index (χ2n) is 7.46. The summed E-state index contributed by atoms with van der Waals surface area (Å²) in [5.74, 6) is -0.442. The fourth-order valence-corrected chi connectivity index (χ4v) is 3.77. The molecule has 6 nitrogen and oxygen atoms in total. The minimum absolute atomic E-state index is 0.0636. The lowest BCUT2D eigenvalue weighted by Crippen LogP contribution is -3.14. The Morgan fingerprint density at radius 3 is 2.20 bits per heavy atom. The van der Waals surface area contributed by atoms with Crippen molar-refractivity contribution in [1.82, 2.24) is 5.32 Å². The van der Waals surface area contributed by atoms with E-state index < -0.39 is 12.7 Å². The first-order valence-corrected chi connectivity index (χ1v) is 9.94. The number of nitrogens with one attached hydrogen (secondary N) is 2. The highest BCUT2D eigenvalue weighted by molar-refractivity contribution is 5.78. The molecule has 0 unspecified atom stereocenters. The molecule has 0 saturated carbocycles. The predicted molar refractivity (Wildman–Crippen MR) is 107 cm³/mol. The largest absolute Gasteiger partial charge is 0.435 e. The Kier molecular flexibility index (Phi) is 7.35. The third-order valence-corrected chi connectivity index (χ3v) is 5.38. The van der Waals surface area contributed by atoms with Gasteiger partial charge in [0.25, 0.3) is 5.91 Å². The summed E-state index contributed by atoms with van der Waals surface area (Å²) in [5, 5.41) is 3.05. The van der Waals surface area contributed by atoms with E-state index >= 15 is 0 Å². The lowest BCUT2D eigenvalue weighted by Gasteiger charge is -2.28. The van der Waals surface area contributed by atoms with Crippen molar-refractivity contribution in [2.24, 2.45) is 11.7 Å². The SMILES string of the molecule is NC(=O)C1CC[NH+](CC(=O)N[C@H](c2ccccc2)c2ccc(OC(F)F)cc2)CC1. The summed E-state index contributed by atoms with van der Waals surface area (Å²) in [4.78, 5) is 25.2. The smallest absolute Gasteiger partial charge is 0.387 e. The van der Waals surface area contributed by atoms with Gasteiger partial charge in [-0.25, -0.2) is 0 Å². The molecule has 0 spiro atoms. The van der Waals surface area contributed by atoms with Gasteiger partial charge in [0, 0.05) is 18.8 Å². The Hall–Kier alpha value is -3.00. The molecule has 30 heavy (non-hydrogen) atoms. The molecule has 1 aliphatic heterocycles. The van der Waals surface area contributed by atoms with Gasteiger partial charge in [0.15, 0.2) is 6.54 Å². The summed E-state index contributed by atoms with van der Waals surface area (Å²) in [5.41, 5.74) is 7.02. The van der Waals surface area contributed by atoms with Crippen molar-refractivity contribution < 1.29 is 28.0 Å². The van der Waals surface area contributed by atoms with E-state index in [0.29, 0.717) is 19.4 Å². The molecule has 1 aliphatic rings. The van der Waals surface area contributed by atoms with Crippen molar-refractivity contribution in [3.63, 3.8) is 0 Å². The van der Waals surface area contributed by atoms with Crippen LogP contribution in [0.5, 0.6) is 5.75 Å². The van der Waals surface area contributed by atoms with Gasteiger partial charge in [-0.1, -0.05) is 42.5 Å². The van der Waals surface area contributed by atoms with E-state index in [-0.39, 0.29) is 23.5 Å². The predicted octanol–water partition coefficient (Wildman–Crippen LogP) is 1.27. The average Bonchev–Trinajstić information content (AvgIpc) is 2.73. The van der Waals surface area contributed by atoms with E-state index in [1.54, 1.807) is 12.1 Å². The number of primary amides is 1. The summed E-state index contributed by atoms with van der Waals surface area (Å²) >= 11 is 0. The van der Waals surface area contributed by atoms with Gasteiger partial charge in [-0.15, -0.1) is 0 Å². The maximum Gasteiger partial charge on any atom is 0.387 e. The number of quaternary nitrogens is 1. The summed E-state index contributed by atoms with van der Waals surface area (Å²) in [6.07, 6.45) is 1.37. The molecule has 2 aromatic carbocycles. The normalized spacial score (nSPS) is 19.8. The average molecular weight is 418 g/mol. The van der Waals surface area contributed by atoms with E-state index in [2.05, 4.69) is 10.1 Å². The fraction of sp³-hybridized carbons (Fsp3) is 0.364. The van der Waals surface area contributed by atoms with Crippen LogP contribution in [0.15, 0.2) is 54.6 Å². The van der Waals surface area contributed by atoms with Crippen LogP contribution in [-0.4, -0.2) is 38.1 Å². The number of hydrogen-bond donors (Lipinski definition) is 3. The van der Waals surface area contributed by atoms with Gasteiger partial charge >= 0.3 is 6.61 Å². The van der Waals surface area contributed by atoms with Crippen molar-refractivity contribution in [3.05, 3.63) is 65.7 Å². The molecule has 1 fully saturated rings. The lowest BCUT2D eigenvalue weighted by atomic mass is 9.96. The van der Waals surface area contributed by atoms with Crippen LogP contribution in [0.4, 0.5) is 8.78 Å². The summed E-state index contributed by atoms with van der Waals surface area (Å²) in [7, 11) is 0. The second kappa shape index (κ2) is 10.2. The monoisotopic (exact) mass is 418 g/mol.